The van der Waals surface area contributed by atoms with Gasteiger partial charge < -0.3 is 5.11 Å². The van der Waals surface area contributed by atoms with Crippen molar-refractivity contribution in [3.8, 4) is 6.07 Å². The molecule has 0 aliphatic heterocycles. The SMILES string of the molecule is N#Cc1cc(Cl)ccc1S(=O)(=O)NCCCC(=O)O. The number of nitrogens with one attached hydrogen (secondary N) is 1. The van der Waals surface area contributed by atoms with Crippen LogP contribution in [0.4, 0.5) is 0 Å². The second-order valence-corrected chi connectivity index (χ2v) is 5.82. The number of sulfonamides is 1. The van der Waals surface area contributed by atoms with E-state index < -0.39 is 16.0 Å². The van der Waals surface area contributed by atoms with Gasteiger partial charge in [0.15, 0.2) is 0 Å². The number of hydrogen-bond acceptors (Lipinski definition) is 4. The summed E-state index contributed by atoms with van der Waals surface area (Å²) in [5.41, 5.74) is -0.0572. The lowest BCUT2D eigenvalue weighted by Crippen LogP contribution is -2.26. The van der Waals surface area contributed by atoms with E-state index in [1.165, 1.54) is 18.2 Å². The minimum absolute atomic E-state index is 0.0118. The number of hydrogen-bond donors (Lipinski definition) is 2. The maximum Gasteiger partial charge on any atom is 0.303 e. The summed E-state index contributed by atoms with van der Waals surface area (Å²) in [4.78, 5) is 10.1. The molecule has 0 unspecified atom stereocenters. The van der Waals surface area contributed by atoms with Crippen molar-refractivity contribution in [2.24, 2.45) is 0 Å². The van der Waals surface area contributed by atoms with E-state index in [-0.39, 0.29) is 34.9 Å². The molecule has 0 radical (unpaired) electrons. The quantitative estimate of drug-likeness (QED) is 0.771. The molecule has 1 aromatic rings. The van der Waals surface area contributed by atoms with Gasteiger partial charge in [0.2, 0.25) is 10.0 Å². The van der Waals surface area contributed by atoms with Gasteiger partial charge in [-0.3, -0.25) is 4.79 Å². The van der Waals surface area contributed by atoms with Crippen LogP contribution in [0.15, 0.2) is 23.1 Å². The zero-order valence-corrected chi connectivity index (χ0v) is 11.3. The first-order chi connectivity index (χ1) is 8.86. The van der Waals surface area contributed by atoms with Crippen LogP contribution in [0, 0.1) is 11.3 Å². The topological polar surface area (TPSA) is 107 Å². The van der Waals surface area contributed by atoms with Gasteiger partial charge in [-0.15, -0.1) is 0 Å². The summed E-state index contributed by atoms with van der Waals surface area (Å²) in [6, 6.07) is 5.62. The normalized spacial score (nSPS) is 10.9. The van der Waals surface area contributed by atoms with Crippen molar-refractivity contribution in [1.29, 1.82) is 5.26 Å². The summed E-state index contributed by atoms with van der Waals surface area (Å²) in [7, 11) is -3.84. The zero-order valence-electron chi connectivity index (χ0n) is 9.76. The van der Waals surface area contributed by atoms with E-state index >= 15 is 0 Å². The fourth-order valence-corrected chi connectivity index (χ4v) is 2.73. The number of benzene rings is 1. The van der Waals surface area contributed by atoms with Gasteiger partial charge in [-0.25, -0.2) is 13.1 Å². The van der Waals surface area contributed by atoms with Gasteiger partial charge >= 0.3 is 5.97 Å². The monoisotopic (exact) mass is 302 g/mol. The van der Waals surface area contributed by atoms with Crippen LogP contribution in [0.3, 0.4) is 0 Å². The lowest BCUT2D eigenvalue weighted by Gasteiger charge is -2.07. The highest BCUT2D eigenvalue weighted by atomic mass is 35.5. The lowest BCUT2D eigenvalue weighted by molar-refractivity contribution is -0.137. The number of halogens is 1. The molecule has 0 aliphatic rings. The number of rotatable bonds is 6. The molecule has 6 nitrogen and oxygen atoms in total. The Morgan fingerprint density at radius 2 is 2.16 bits per heavy atom. The zero-order chi connectivity index (χ0) is 14.5. The van der Waals surface area contributed by atoms with Crippen molar-refractivity contribution in [1.82, 2.24) is 4.72 Å². The van der Waals surface area contributed by atoms with E-state index in [0.717, 1.165) is 0 Å². The van der Waals surface area contributed by atoms with Crippen molar-refractivity contribution < 1.29 is 18.3 Å². The molecule has 0 atom stereocenters. The molecule has 0 saturated carbocycles. The molecule has 0 heterocycles. The highest BCUT2D eigenvalue weighted by Crippen LogP contribution is 2.19. The predicted molar refractivity (Wildman–Crippen MR) is 68.2 cm³/mol. The molecule has 2 N–H and O–H groups in total. The van der Waals surface area contributed by atoms with Gasteiger partial charge in [0.1, 0.15) is 6.07 Å². The minimum Gasteiger partial charge on any atom is -0.481 e. The van der Waals surface area contributed by atoms with Crippen LogP contribution in [0.25, 0.3) is 0 Å². The first-order valence-corrected chi connectivity index (χ1v) is 7.14. The molecule has 1 aromatic carbocycles. The van der Waals surface area contributed by atoms with Crippen LogP contribution in [-0.4, -0.2) is 26.0 Å². The van der Waals surface area contributed by atoms with Crippen molar-refractivity contribution >= 4 is 27.6 Å². The lowest BCUT2D eigenvalue weighted by atomic mass is 10.2. The highest BCUT2D eigenvalue weighted by molar-refractivity contribution is 7.89. The van der Waals surface area contributed by atoms with Gasteiger partial charge in [0.25, 0.3) is 0 Å². The van der Waals surface area contributed by atoms with Crippen molar-refractivity contribution in [2.75, 3.05) is 6.54 Å². The molecule has 8 heteroatoms. The fraction of sp³-hybridized carbons (Fsp3) is 0.273. The van der Waals surface area contributed by atoms with Crippen molar-refractivity contribution in [3.63, 3.8) is 0 Å². The second-order valence-electron chi connectivity index (χ2n) is 3.65. The number of carboxylic acid groups (broad SMARTS) is 1. The van der Waals surface area contributed by atoms with Gasteiger partial charge in [-0.1, -0.05) is 11.6 Å². The largest absolute Gasteiger partial charge is 0.481 e. The summed E-state index contributed by atoms with van der Waals surface area (Å²) in [6.45, 7) is -0.0118. The Labute approximate surface area is 115 Å². The molecule has 0 aromatic heterocycles. The van der Waals surface area contributed by atoms with Gasteiger partial charge in [-0.05, 0) is 24.6 Å². The van der Waals surface area contributed by atoms with Crippen molar-refractivity contribution in [2.45, 2.75) is 17.7 Å². The van der Waals surface area contributed by atoms with Crippen LogP contribution >= 0.6 is 11.6 Å². The number of carbonyl (C=O) groups is 1. The standard InChI is InChI=1S/C11H11ClN2O4S/c12-9-3-4-10(8(6-9)7-13)19(17,18)14-5-1-2-11(15)16/h3-4,6,14H,1-2,5H2,(H,15,16). The van der Waals surface area contributed by atoms with E-state index in [1.54, 1.807) is 6.07 Å². The van der Waals surface area contributed by atoms with Crippen LogP contribution in [0.2, 0.25) is 5.02 Å². The Morgan fingerprint density at radius 3 is 2.74 bits per heavy atom. The first-order valence-electron chi connectivity index (χ1n) is 5.28. The Kier molecular flexibility index (Phi) is 5.30. The molecule has 0 bridgehead atoms. The Morgan fingerprint density at radius 1 is 1.47 bits per heavy atom. The third-order valence-corrected chi connectivity index (χ3v) is 3.97. The molecule has 102 valence electrons. The summed E-state index contributed by atoms with van der Waals surface area (Å²) in [6.07, 6.45) is 0.0400. The summed E-state index contributed by atoms with van der Waals surface area (Å²) < 4.78 is 26.1. The summed E-state index contributed by atoms with van der Waals surface area (Å²) in [5, 5.41) is 17.6. The predicted octanol–water partition coefficient (Wildman–Crippen LogP) is 1.35. The van der Waals surface area contributed by atoms with Crippen LogP contribution in [0.5, 0.6) is 0 Å². The van der Waals surface area contributed by atoms with Gasteiger partial charge in [-0.2, -0.15) is 5.26 Å². The van der Waals surface area contributed by atoms with Crippen LogP contribution < -0.4 is 4.72 Å². The van der Waals surface area contributed by atoms with E-state index in [1.807, 2.05) is 0 Å². The Bertz CT molecular complexity index is 622. The van der Waals surface area contributed by atoms with Gasteiger partial charge in [0.05, 0.1) is 10.5 Å². The maximum atomic E-state index is 11.9. The third-order valence-electron chi connectivity index (χ3n) is 2.21. The van der Waals surface area contributed by atoms with Crippen molar-refractivity contribution in [3.05, 3.63) is 28.8 Å². The second kappa shape index (κ2) is 6.52. The van der Waals surface area contributed by atoms with E-state index in [9.17, 15) is 13.2 Å². The maximum absolute atomic E-state index is 11.9. The molecule has 19 heavy (non-hydrogen) atoms. The van der Waals surface area contributed by atoms with Gasteiger partial charge in [0, 0.05) is 18.0 Å². The molecule has 0 fully saturated rings. The summed E-state index contributed by atoms with van der Waals surface area (Å²) >= 11 is 5.68. The Hall–Kier alpha value is -1.62. The average molecular weight is 303 g/mol. The van der Waals surface area contributed by atoms with Crippen LogP contribution in [-0.2, 0) is 14.8 Å². The fourth-order valence-electron chi connectivity index (χ4n) is 1.35. The summed E-state index contributed by atoms with van der Waals surface area (Å²) in [5.74, 6) is -0.997. The van der Waals surface area contributed by atoms with Crippen LogP contribution in [0.1, 0.15) is 18.4 Å². The smallest absolute Gasteiger partial charge is 0.303 e. The molecule has 1 rings (SSSR count). The average Bonchev–Trinajstić information content (AvgIpc) is 2.34. The molecule has 0 amide bonds. The number of aliphatic carboxylic acids is 1. The van der Waals surface area contributed by atoms with E-state index in [0.29, 0.717) is 0 Å². The minimum atomic E-state index is -3.84. The molecule has 0 saturated heterocycles. The third kappa shape index (κ3) is 4.52. The molecule has 0 spiro atoms. The first kappa shape index (κ1) is 15.4. The van der Waals surface area contributed by atoms with E-state index in [4.69, 9.17) is 22.0 Å². The highest BCUT2D eigenvalue weighted by Gasteiger charge is 2.18. The molecular weight excluding hydrogens is 292 g/mol. The number of nitriles is 1. The molecular formula is C11H11ClN2O4S. The van der Waals surface area contributed by atoms with E-state index in [2.05, 4.69) is 4.72 Å². The number of nitrogens with zero attached hydrogens (tertiary/aromatic N) is 1. The molecule has 0 aliphatic carbocycles. The number of carboxylic acids is 1. The Balaban J connectivity index is 2.84.